The van der Waals surface area contributed by atoms with Gasteiger partial charge in [-0.25, -0.2) is 0 Å². The van der Waals surface area contributed by atoms with Gasteiger partial charge in [0.25, 0.3) is 0 Å². The van der Waals surface area contributed by atoms with Gasteiger partial charge in [0, 0.05) is 24.2 Å². The Morgan fingerprint density at radius 2 is 1.92 bits per heavy atom. The number of aromatic nitrogens is 2. The first-order valence-electron chi connectivity index (χ1n) is 8.49. The topological polar surface area (TPSA) is 68.5 Å². The molecule has 4 rings (SSSR count). The Hall–Kier alpha value is -3.15. The van der Waals surface area contributed by atoms with Gasteiger partial charge in [-0.05, 0) is 42.8 Å². The molecule has 2 aromatic carbocycles. The number of amides is 1. The molecule has 0 aliphatic carbocycles. The number of ether oxygens (including phenoxy) is 1. The van der Waals surface area contributed by atoms with Crippen LogP contribution in [0.15, 0.2) is 53.1 Å². The van der Waals surface area contributed by atoms with Crippen molar-refractivity contribution in [1.29, 1.82) is 0 Å². The standard InChI is InChI=1S/C20H19N3O3/c1-13-5-3-4-6-17(13)23-12-15(11-18(23)24)20-21-19(22-26-20)14-7-9-16(25-2)10-8-14/h3-10,15H,11-12H2,1-2H3. The van der Waals surface area contributed by atoms with E-state index in [0.29, 0.717) is 24.7 Å². The van der Waals surface area contributed by atoms with Crippen molar-refractivity contribution in [2.75, 3.05) is 18.6 Å². The van der Waals surface area contributed by atoms with Crippen LogP contribution in [0.25, 0.3) is 11.4 Å². The molecule has 1 aliphatic heterocycles. The number of anilines is 1. The first-order valence-corrected chi connectivity index (χ1v) is 8.49. The minimum Gasteiger partial charge on any atom is -0.497 e. The number of nitrogens with zero attached hydrogens (tertiary/aromatic N) is 3. The van der Waals surface area contributed by atoms with Crippen LogP contribution in [-0.4, -0.2) is 29.7 Å². The largest absolute Gasteiger partial charge is 0.497 e. The quantitative estimate of drug-likeness (QED) is 0.720. The summed E-state index contributed by atoms with van der Waals surface area (Å²) in [6.45, 7) is 2.55. The third kappa shape index (κ3) is 2.94. The Labute approximate surface area is 151 Å². The molecule has 3 aromatic rings. The van der Waals surface area contributed by atoms with Gasteiger partial charge in [0.1, 0.15) is 5.75 Å². The van der Waals surface area contributed by atoms with E-state index in [-0.39, 0.29) is 11.8 Å². The molecule has 0 radical (unpaired) electrons. The van der Waals surface area contributed by atoms with E-state index in [1.165, 1.54) is 0 Å². The van der Waals surface area contributed by atoms with E-state index in [9.17, 15) is 4.79 Å². The van der Waals surface area contributed by atoms with Crippen molar-refractivity contribution in [1.82, 2.24) is 10.1 Å². The number of rotatable bonds is 4. The van der Waals surface area contributed by atoms with Crippen molar-refractivity contribution in [2.24, 2.45) is 0 Å². The molecular weight excluding hydrogens is 330 g/mol. The molecule has 0 bridgehead atoms. The van der Waals surface area contributed by atoms with E-state index in [0.717, 1.165) is 22.6 Å². The van der Waals surface area contributed by atoms with Gasteiger partial charge >= 0.3 is 0 Å². The average molecular weight is 349 g/mol. The highest BCUT2D eigenvalue weighted by molar-refractivity contribution is 5.97. The molecule has 0 N–H and O–H groups in total. The molecule has 26 heavy (non-hydrogen) atoms. The number of hydrogen-bond acceptors (Lipinski definition) is 5. The van der Waals surface area contributed by atoms with E-state index < -0.39 is 0 Å². The van der Waals surface area contributed by atoms with E-state index in [1.54, 1.807) is 12.0 Å². The smallest absolute Gasteiger partial charge is 0.232 e. The molecule has 1 atom stereocenters. The van der Waals surface area contributed by atoms with Gasteiger partial charge < -0.3 is 14.2 Å². The Morgan fingerprint density at radius 3 is 2.65 bits per heavy atom. The highest BCUT2D eigenvalue weighted by Crippen LogP contribution is 2.33. The fourth-order valence-corrected chi connectivity index (χ4v) is 3.23. The van der Waals surface area contributed by atoms with Crippen LogP contribution in [0.4, 0.5) is 5.69 Å². The average Bonchev–Trinajstić information content (AvgIpc) is 3.29. The SMILES string of the molecule is COc1ccc(-c2noc(C3CC(=O)N(c4ccccc4C)C3)n2)cc1. The van der Waals surface area contributed by atoms with Crippen LogP contribution >= 0.6 is 0 Å². The number of carbonyl (C=O) groups is 1. The molecule has 6 nitrogen and oxygen atoms in total. The van der Waals surface area contributed by atoms with Crippen LogP contribution in [0.5, 0.6) is 5.75 Å². The maximum Gasteiger partial charge on any atom is 0.232 e. The highest BCUT2D eigenvalue weighted by atomic mass is 16.5. The van der Waals surface area contributed by atoms with E-state index in [2.05, 4.69) is 10.1 Å². The van der Waals surface area contributed by atoms with E-state index in [4.69, 9.17) is 9.26 Å². The number of para-hydroxylation sites is 1. The summed E-state index contributed by atoms with van der Waals surface area (Å²) in [5.41, 5.74) is 2.86. The van der Waals surface area contributed by atoms with Gasteiger partial charge in [-0.1, -0.05) is 23.4 Å². The minimum absolute atomic E-state index is 0.0773. The van der Waals surface area contributed by atoms with Crippen LogP contribution in [0.3, 0.4) is 0 Å². The molecule has 1 fully saturated rings. The molecule has 1 amide bonds. The van der Waals surface area contributed by atoms with Crippen molar-refractivity contribution < 1.29 is 14.1 Å². The first kappa shape index (κ1) is 16.3. The second-order valence-electron chi connectivity index (χ2n) is 6.38. The number of carbonyl (C=O) groups excluding carboxylic acids is 1. The zero-order valence-electron chi connectivity index (χ0n) is 14.7. The predicted molar refractivity (Wildman–Crippen MR) is 97.2 cm³/mol. The molecule has 1 aliphatic rings. The molecule has 6 heteroatoms. The molecule has 0 spiro atoms. The Balaban J connectivity index is 1.55. The van der Waals surface area contributed by atoms with Gasteiger partial charge in [-0.2, -0.15) is 4.98 Å². The maximum absolute atomic E-state index is 12.5. The first-order chi connectivity index (χ1) is 12.7. The summed E-state index contributed by atoms with van der Waals surface area (Å²) >= 11 is 0. The summed E-state index contributed by atoms with van der Waals surface area (Å²) < 4.78 is 10.6. The van der Waals surface area contributed by atoms with E-state index >= 15 is 0 Å². The Kier molecular flexibility index (Phi) is 4.16. The van der Waals surface area contributed by atoms with Gasteiger partial charge in [0.15, 0.2) is 0 Å². The molecule has 1 aromatic heterocycles. The summed E-state index contributed by atoms with van der Waals surface area (Å²) in [6, 6.07) is 15.3. The van der Waals surface area contributed by atoms with Crippen molar-refractivity contribution in [2.45, 2.75) is 19.3 Å². The lowest BCUT2D eigenvalue weighted by molar-refractivity contribution is -0.117. The van der Waals surface area contributed by atoms with Crippen LogP contribution < -0.4 is 9.64 Å². The Bertz CT molecular complexity index is 933. The number of benzene rings is 2. The van der Waals surface area contributed by atoms with Crippen LogP contribution in [0.2, 0.25) is 0 Å². The van der Waals surface area contributed by atoms with Crippen molar-refractivity contribution >= 4 is 11.6 Å². The predicted octanol–water partition coefficient (Wildman–Crippen LogP) is 3.57. The van der Waals surface area contributed by atoms with E-state index in [1.807, 2.05) is 55.5 Å². The van der Waals surface area contributed by atoms with Gasteiger partial charge in [0.05, 0.1) is 13.0 Å². The normalized spacial score (nSPS) is 16.9. The molecule has 1 saturated heterocycles. The lowest BCUT2D eigenvalue weighted by Gasteiger charge is -2.18. The summed E-state index contributed by atoms with van der Waals surface area (Å²) in [6.07, 6.45) is 0.374. The molecule has 132 valence electrons. The van der Waals surface area contributed by atoms with Crippen molar-refractivity contribution in [3.63, 3.8) is 0 Å². The molecule has 0 saturated carbocycles. The Morgan fingerprint density at radius 1 is 1.15 bits per heavy atom. The minimum atomic E-state index is -0.0957. The third-order valence-electron chi connectivity index (χ3n) is 4.67. The zero-order chi connectivity index (χ0) is 18.1. The fourth-order valence-electron chi connectivity index (χ4n) is 3.23. The number of hydrogen-bond donors (Lipinski definition) is 0. The lowest BCUT2D eigenvalue weighted by atomic mass is 10.1. The summed E-state index contributed by atoms with van der Waals surface area (Å²) in [5, 5.41) is 4.07. The van der Waals surface area contributed by atoms with Gasteiger partial charge in [0.2, 0.25) is 17.6 Å². The lowest BCUT2D eigenvalue weighted by Crippen LogP contribution is -2.25. The fraction of sp³-hybridized carbons (Fsp3) is 0.250. The zero-order valence-corrected chi connectivity index (χ0v) is 14.7. The van der Waals surface area contributed by atoms with Crippen LogP contribution in [-0.2, 0) is 4.79 Å². The van der Waals surface area contributed by atoms with Crippen molar-refractivity contribution in [3.8, 4) is 17.1 Å². The van der Waals surface area contributed by atoms with Gasteiger partial charge in [-0.3, -0.25) is 4.79 Å². The molecular formula is C20H19N3O3. The third-order valence-corrected chi connectivity index (χ3v) is 4.67. The summed E-state index contributed by atoms with van der Waals surface area (Å²) in [4.78, 5) is 18.8. The second kappa shape index (κ2) is 6.63. The summed E-state index contributed by atoms with van der Waals surface area (Å²) in [5.74, 6) is 1.77. The number of aryl methyl sites for hydroxylation is 1. The monoisotopic (exact) mass is 349 g/mol. The molecule has 2 heterocycles. The van der Waals surface area contributed by atoms with Crippen LogP contribution in [0, 0.1) is 6.92 Å². The second-order valence-corrected chi connectivity index (χ2v) is 6.38. The maximum atomic E-state index is 12.5. The highest BCUT2D eigenvalue weighted by Gasteiger charge is 2.35. The summed E-state index contributed by atoms with van der Waals surface area (Å²) in [7, 11) is 1.62. The number of methoxy groups -OCH3 is 1. The van der Waals surface area contributed by atoms with Gasteiger partial charge in [-0.15, -0.1) is 0 Å². The van der Waals surface area contributed by atoms with Crippen molar-refractivity contribution in [3.05, 3.63) is 60.0 Å². The van der Waals surface area contributed by atoms with Crippen LogP contribution in [0.1, 0.15) is 23.8 Å². The molecule has 1 unspecified atom stereocenters.